The maximum Gasteiger partial charge on any atom is 0.224 e. The summed E-state index contributed by atoms with van der Waals surface area (Å²) in [5, 5.41) is 11.5. The summed E-state index contributed by atoms with van der Waals surface area (Å²) in [6, 6.07) is 7.50. The zero-order valence-electron chi connectivity index (χ0n) is 11.2. The summed E-state index contributed by atoms with van der Waals surface area (Å²) in [5.74, 6) is 2.65. The molecule has 2 N–H and O–H groups in total. The zero-order valence-corrected chi connectivity index (χ0v) is 12.0. The highest BCUT2D eigenvalue weighted by Crippen LogP contribution is 2.11. The molecule has 0 radical (unpaired) electrons. The summed E-state index contributed by atoms with van der Waals surface area (Å²) < 4.78 is 5.06. The second-order valence-electron chi connectivity index (χ2n) is 4.06. The van der Waals surface area contributed by atoms with Crippen LogP contribution in [0.15, 0.2) is 24.3 Å². The van der Waals surface area contributed by atoms with Crippen LogP contribution < -0.4 is 10.1 Å². The van der Waals surface area contributed by atoms with Crippen molar-refractivity contribution in [3.63, 3.8) is 0 Å². The van der Waals surface area contributed by atoms with Crippen molar-refractivity contribution in [2.45, 2.75) is 12.8 Å². The monoisotopic (exact) mass is 283 g/mol. The minimum atomic E-state index is 0.0351. The molecule has 0 unspecified atom stereocenters. The fourth-order valence-electron chi connectivity index (χ4n) is 1.52. The molecule has 106 valence electrons. The Hall–Kier alpha value is -1.20. The van der Waals surface area contributed by atoms with Gasteiger partial charge in [-0.2, -0.15) is 11.8 Å². The summed E-state index contributed by atoms with van der Waals surface area (Å²) >= 11 is 1.74. The number of ether oxygens (including phenoxy) is 1. The third-order valence-electron chi connectivity index (χ3n) is 2.54. The summed E-state index contributed by atoms with van der Waals surface area (Å²) in [4.78, 5) is 11.7. The zero-order chi connectivity index (χ0) is 13.9. The van der Waals surface area contributed by atoms with E-state index in [4.69, 9.17) is 9.84 Å². The topological polar surface area (TPSA) is 58.6 Å². The Labute approximate surface area is 118 Å². The number of methoxy groups -OCH3 is 1. The van der Waals surface area contributed by atoms with Gasteiger partial charge in [-0.3, -0.25) is 4.79 Å². The first-order chi connectivity index (χ1) is 9.26. The number of benzene rings is 1. The van der Waals surface area contributed by atoms with Gasteiger partial charge >= 0.3 is 0 Å². The molecule has 5 heteroatoms. The lowest BCUT2D eigenvalue weighted by atomic mass is 10.1. The van der Waals surface area contributed by atoms with Crippen molar-refractivity contribution >= 4 is 17.7 Å². The van der Waals surface area contributed by atoms with Gasteiger partial charge in [0.05, 0.1) is 13.5 Å². The van der Waals surface area contributed by atoms with E-state index in [1.807, 2.05) is 24.3 Å². The van der Waals surface area contributed by atoms with E-state index in [9.17, 15) is 4.79 Å². The van der Waals surface area contributed by atoms with Crippen LogP contribution in [0.2, 0.25) is 0 Å². The van der Waals surface area contributed by atoms with Gasteiger partial charge in [0.25, 0.3) is 0 Å². The normalized spacial score (nSPS) is 10.2. The van der Waals surface area contributed by atoms with Crippen LogP contribution in [-0.4, -0.2) is 42.8 Å². The molecule has 1 amide bonds. The highest BCUT2D eigenvalue weighted by Gasteiger charge is 2.02. The second kappa shape index (κ2) is 9.69. The summed E-state index contributed by atoms with van der Waals surface area (Å²) in [5.41, 5.74) is 0.978. The molecule has 0 fully saturated rings. The Balaban J connectivity index is 2.16. The molecule has 0 aliphatic carbocycles. The Morgan fingerprint density at radius 2 is 2.05 bits per heavy atom. The molecule has 0 aromatic heterocycles. The molecule has 0 saturated carbocycles. The van der Waals surface area contributed by atoms with Gasteiger partial charge in [0.2, 0.25) is 5.91 Å². The van der Waals surface area contributed by atoms with Crippen molar-refractivity contribution in [1.29, 1.82) is 0 Å². The first-order valence-corrected chi connectivity index (χ1v) is 7.50. The number of thioether (sulfide) groups is 1. The number of carbonyl (C=O) groups is 1. The molecular weight excluding hydrogens is 262 g/mol. The average Bonchev–Trinajstić information content (AvgIpc) is 2.43. The van der Waals surface area contributed by atoms with Crippen molar-refractivity contribution in [2.75, 3.05) is 31.8 Å². The number of hydrogen-bond donors (Lipinski definition) is 2. The van der Waals surface area contributed by atoms with Crippen molar-refractivity contribution in [3.05, 3.63) is 29.8 Å². The van der Waals surface area contributed by atoms with E-state index in [0.717, 1.165) is 29.2 Å². The highest BCUT2D eigenvalue weighted by molar-refractivity contribution is 7.99. The fourth-order valence-corrected chi connectivity index (χ4v) is 2.31. The minimum absolute atomic E-state index is 0.0351. The predicted octanol–water partition coefficient (Wildman–Crippen LogP) is 1.47. The molecule has 1 aromatic rings. The highest BCUT2D eigenvalue weighted by atomic mass is 32.2. The molecule has 0 aliphatic heterocycles. The molecule has 0 atom stereocenters. The van der Waals surface area contributed by atoms with Crippen LogP contribution in [0.3, 0.4) is 0 Å². The fraction of sp³-hybridized carbons (Fsp3) is 0.500. The van der Waals surface area contributed by atoms with Gasteiger partial charge in [0.1, 0.15) is 5.75 Å². The first kappa shape index (κ1) is 15.9. The van der Waals surface area contributed by atoms with Crippen LogP contribution in [-0.2, 0) is 11.2 Å². The maximum absolute atomic E-state index is 11.7. The lowest BCUT2D eigenvalue weighted by molar-refractivity contribution is -0.120. The molecule has 1 aromatic carbocycles. The number of carbonyl (C=O) groups excluding carboxylic acids is 1. The van der Waals surface area contributed by atoms with E-state index in [2.05, 4.69) is 5.32 Å². The average molecular weight is 283 g/mol. The first-order valence-electron chi connectivity index (χ1n) is 6.34. The van der Waals surface area contributed by atoms with Gasteiger partial charge in [0, 0.05) is 18.9 Å². The number of hydrogen-bond acceptors (Lipinski definition) is 4. The van der Waals surface area contributed by atoms with Gasteiger partial charge in [-0.05, 0) is 29.9 Å². The minimum Gasteiger partial charge on any atom is -0.497 e. The molecule has 1 rings (SSSR count). The van der Waals surface area contributed by atoms with Crippen molar-refractivity contribution in [1.82, 2.24) is 5.32 Å². The summed E-state index contributed by atoms with van der Waals surface area (Å²) in [6.07, 6.45) is 1.20. The molecule has 0 aliphatic rings. The summed E-state index contributed by atoms with van der Waals surface area (Å²) in [6.45, 7) is 0.905. The molecule has 19 heavy (non-hydrogen) atoms. The molecule has 0 spiro atoms. The molecule has 0 heterocycles. The summed E-state index contributed by atoms with van der Waals surface area (Å²) in [7, 11) is 1.62. The van der Waals surface area contributed by atoms with Gasteiger partial charge in [-0.1, -0.05) is 12.1 Å². The smallest absolute Gasteiger partial charge is 0.224 e. The SMILES string of the molecule is COc1ccc(CC(=O)NCCSCCCO)cc1. The third kappa shape index (κ3) is 7.08. The quantitative estimate of drug-likeness (QED) is 0.674. The van der Waals surface area contributed by atoms with Crippen LogP contribution in [0.5, 0.6) is 5.75 Å². The molecular formula is C14H21NO3S. The Morgan fingerprint density at radius 1 is 1.32 bits per heavy atom. The van der Waals surface area contributed by atoms with E-state index in [1.54, 1.807) is 18.9 Å². The van der Waals surface area contributed by atoms with E-state index >= 15 is 0 Å². The maximum atomic E-state index is 11.7. The lowest BCUT2D eigenvalue weighted by Gasteiger charge is -2.06. The van der Waals surface area contributed by atoms with Gasteiger partial charge in [-0.15, -0.1) is 0 Å². The molecule has 0 bridgehead atoms. The Bertz CT molecular complexity index is 367. The van der Waals surface area contributed by atoms with Gasteiger partial charge in [-0.25, -0.2) is 0 Å². The number of aliphatic hydroxyl groups is 1. The van der Waals surface area contributed by atoms with Gasteiger partial charge in [0.15, 0.2) is 0 Å². The van der Waals surface area contributed by atoms with Crippen molar-refractivity contribution in [2.24, 2.45) is 0 Å². The number of rotatable bonds is 9. The van der Waals surface area contributed by atoms with Crippen LogP contribution in [0.1, 0.15) is 12.0 Å². The Morgan fingerprint density at radius 3 is 2.68 bits per heavy atom. The number of nitrogens with one attached hydrogen (secondary N) is 1. The number of aliphatic hydroxyl groups excluding tert-OH is 1. The van der Waals surface area contributed by atoms with Crippen LogP contribution >= 0.6 is 11.8 Å². The lowest BCUT2D eigenvalue weighted by Crippen LogP contribution is -2.27. The van der Waals surface area contributed by atoms with Crippen molar-refractivity contribution < 1.29 is 14.6 Å². The molecule has 0 saturated heterocycles. The van der Waals surface area contributed by atoms with Gasteiger partial charge < -0.3 is 15.2 Å². The number of amides is 1. The van der Waals surface area contributed by atoms with E-state index in [-0.39, 0.29) is 12.5 Å². The standard InChI is InChI=1S/C14H21NO3S/c1-18-13-5-3-12(4-6-13)11-14(17)15-7-10-19-9-2-8-16/h3-6,16H,2,7-11H2,1H3,(H,15,17). The van der Waals surface area contributed by atoms with Crippen LogP contribution in [0, 0.1) is 0 Å². The predicted molar refractivity (Wildman–Crippen MR) is 78.7 cm³/mol. The van der Waals surface area contributed by atoms with Crippen LogP contribution in [0.4, 0.5) is 0 Å². The third-order valence-corrected chi connectivity index (χ3v) is 3.61. The van der Waals surface area contributed by atoms with Crippen molar-refractivity contribution in [3.8, 4) is 5.75 Å². The van der Waals surface area contributed by atoms with E-state index in [0.29, 0.717) is 13.0 Å². The Kier molecular flexibility index (Phi) is 8.09. The molecule has 4 nitrogen and oxygen atoms in total. The second-order valence-corrected chi connectivity index (χ2v) is 5.29. The largest absolute Gasteiger partial charge is 0.497 e. The van der Waals surface area contributed by atoms with E-state index < -0.39 is 0 Å². The van der Waals surface area contributed by atoms with E-state index in [1.165, 1.54) is 0 Å². The van der Waals surface area contributed by atoms with Crippen LogP contribution in [0.25, 0.3) is 0 Å².